The normalized spacial score (nSPS) is 11.6. The summed E-state index contributed by atoms with van der Waals surface area (Å²) in [5, 5.41) is 2.92. The molecule has 0 aliphatic carbocycles. The van der Waals surface area contributed by atoms with Gasteiger partial charge in [0, 0.05) is 17.6 Å². The van der Waals surface area contributed by atoms with E-state index in [1.54, 1.807) is 4.90 Å². The van der Waals surface area contributed by atoms with Gasteiger partial charge in [0.25, 0.3) is 5.91 Å². The van der Waals surface area contributed by atoms with Crippen molar-refractivity contribution in [2.45, 2.75) is 53.1 Å². The first kappa shape index (κ1) is 23.9. The molecule has 5 nitrogen and oxygen atoms in total. The van der Waals surface area contributed by atoms with Gasteiger partial charge in [0.15, 0.2) is 6.61 Å². The lowest BCUT2D eigenvalue weighted by molar-refractivity contribution is -0.143. The van der Waals surface area contributed by atoms with Crippen molar-refractivity contribution >= 4 is 27.7 Å². The van der Waals surface area contributed by atoms with Gasteiger partial charge in [-0.2, -0.15) is 0 Å². The van der Waals surface area contributed by atoms with Gasteiger partial charge in [0.1, 0.15) is 11.8 Å². The molecule has 0 aliphatic rings. The summed E-state index contributed by atoms with van der Waals surface area (Å²) in [6, 6.07) is 13.1. The van der Waals surface area contributed by atoms with Crippen molar-refractivity contribution in [2.75, 3.05) is 13.2 Å². The van der Waals surface area contributed by atoms with Gasteiger partial charge in [0.05, 0.1) is 0 Å². The van der Waals surface area contributed by atoms with Crippen LogP contribution in [0.5, 0.6) is 5.75 Å². The van der Waals surface area contributed by atoms with E-state index < -0.39 is 6.04 Å². The number of ether oxygens (including phenoxy) is 1. The SMILES string of the molecule is CCCNC(=O)[C@H](CC)N(Cc1ccc(C)cc1)C(=O)COc1ccc(Br)c(C)c1. The van der Waals surface area contributed by atoms with Crippen LogP contribution < -0.4 is 10.1 Å². The number of hydrogen-bond acceptors (Lipinski definition) is 3. The topological polar surface area (TPSA) is 58.6 Å². The molecule has 162 valence electrons. The number of benzene rings is 2. The van der Waals surface area contributed by atoms with Gasteiger partial charge in [-0.05, 0) is 56.0 Å². The van der Waals surface area contributed by atoms with Gasteiger partial charge in [-0.25, -0.2) is 0 Å². The molecule has 2 aromatic rings. The smallest absolute Gasteiger partial charge is 0.261 e. The third kappa shape index (κ3) is 6.87. The van der Waals surface area contributed by atoms with Crippen LogP contribution in [0.25, 0.3) is 0 Å². The Balaban J connectivity index is 2.18. The number of halogens is 1. The fraction of sp³-hybridized carbons (Fsp3) is 0.417. The summed E-state index contributed by atoms with van der Waals surface area (Å²) in [5.74, 6) is 0.289. The van der Waals surface area contributed by atoms with Crippen molar-refractivity contribution in [3.8, 4) is 5.75 Å². The molecule has 0 aliphatic heterocycles. The van der Waals surface area contributed by atoms with E-state index in [1.807, 2.05) is 70.2 Å². The Morgan fingerprint density at radius 2 is 1.80 bits per heavy atom. The molecule has 1 atom stereocenters. The summed E-state index contributed by atoms with van der Waals surface area (Å²) >= 11 is 3.46. The molecule has 0 aromatic heterocycles. The quantitative estimate of drug-likeness (QED) is 0.538. The molecule has 0 saturated heterocycles. The maximum atomic E-state index is 13.1. The van der Waals surface area contributed by atoms with Gasteiger partial charge < -0.3 is 15.0 Å². The van der Waals surface area contributed by atoms with Crippen LogP contribution in [-0.2, 0) is 16.1 Å². The highest BCUT2D eigenvalue weighted by Crippen LogP contribution is 2.22. The summed E-state index contributed by atoms with van der Waals surface area (Å²) in [6.07, 6.45) is 1.38. The molecule has 0 saturated carbocycles. The van der Waals surface area contributed by atoms with E-state index in [1.165, 1.54) is 0 Å². The highest BCUT2D eigenvalue weighted by atomic mass is 79.9. The fourth-order valence-corrected chi connectivity index (χ4v) is 3.36. The monoisotopic (exact) mass is 474 g/mol. The summed E-state index contributed by atoms with van der Waals surface area (Å²) in [5.41, 5.74) is 3.16. The summed E-state index contributed by atoms with van der Waals surface area (Å²) in [6.45, 7) is 8.75. The van der Waals surface area contributed by atoms with Crippen LogP contribution >= 0.6 is 15.9 Å². The van der Waals surface area contributed by atoms with Gasteiger partial charge in [-0.1, -0.05) is 59.6 Å². The third-order valence-electron chi connectivity index (χ3n) is 4.90. The standard InChI is InChI=1S/C24H31BrN2O3/c1-5-13-26-24(29)22(6-2)27(15-19-9-7-17(3)8-10-19)23(28)16-30-20-11-12-21(25)18(4)14-20/h7-12,14,22H,5-6,13,15-16H2,1-4H3,(H,26,29)/t22-/m0/s1. The minimum absolute atomic E-state index is 0.121. The van der Waals surface area contributed by atoms with Crippen molar-refractivity contribution in [3.05, 3.63) is 63.6 Å². The average Bonchev–Trinajstić information content (AvgIpc) is 2.74. The lowest BCUT2D eigenvalue weighted by Crippen LogP contribution is -2.50. The number of carbonyl (C=O) groups is 2. The second-order valence-electron chi connectivity index (χ2n) is 7.42. The van der Waals surface area contributed by atoms with Crippen molar-refractivity contribution < 1.29 is 14.3 Å². The highest BCUT2D eigenvalue weighted by Gasteiger charge is 2.28. The summed E-state index contributed by atoms with van der Waals surface area (Å²) in [7, 11) is 0. The second kappa shape index (κ2) is 11.7. The molecule has 0 radical (unpaired) electrons. The molecule has 1 N–H and O–H groups in total. The predicted octanol–water partition coefficient (Wildman–Crippen LogP) is 4.78. The molecular formula is C24H31BrN2O3. The number of amides is 2. The molecule has 0 bridgehead atoms. The Labute approximate surface area is 187 Å². The molecular weight excluding hydrogens is 444 g/mol. The van der Waals surface area contributed by atoms with Crippen molar-refractivity contribution in [1.82, 2.24) is 10.2 Å². The molecule has 0 spiro atoms. The van der Waals surface area contributed by atoms with Crippen LogP contribution in [-0.4, -0.2) is 35.9 Å². The van der Waals surface area contributed by atoms with Gasteiger partial charge in [-0.15, -0.1) is 0 Å². The van der Waals surface area contributed by atoms with Crippen molar-refractivity contribution in [2.24, 2.45) is 0 Å². The van der Waals surface area contributed by atoms with Crippen LogP contribution in [0.2, 0.25) is 0 Å². The van der Waals surface area contributed by atoms with E-state index in [0.29, 0.717) is 25.3 Å². The minimum atomic E-state index is -0.541. The molecule has 0 unspecified atom stereocenters. The molecule has 0 heterocycles. The first-order valence-corrected chi connectivity index (χ1v) is 11.2. The van der Waals surface area contributed by atoms with Crippen LogP contribution in [0.4, 0.5) is 0 Å². The van der Waals surface area contributed by atoms with Crippen LogP contribution in [0.15, 0.2) is 46.9 Å². The Kier molecular flexibility index (Phi) is 9.37. The fourth-order valence-electron chi connectivity index (χ4n) is 3.11. The zero-order valence-corrected chi connectivity index (χ0v) is 19.8. The van der Waals surface area contributed by atoms with Gasteiger partial charge >= 0.3 is 0 Å². The Morgan fingerprint density at radius 3 is 2.40 bits per heavy atom. The van der Waals surface area contributed by atoms with E-state index >= 15 is 0 Å². The highest BCUT2D eigenvalue weighted by molar-refractivity contribution is 9.10. The van der Waals surface area contributed by atoms with Gasteiger partial charge in [0.2, 0.25) is 5.91 Å². The van der Waals surface area contributed by atoms with Gasteiger partial charge in [-0.3, -0.25) is 9.59 Å². The van der Waals surface area contributed by atoms with E-state index in [2.05, 4.69) is 21.2 Å². The largest absolute Gasteiger partial charge is 0.484 e. The van der Waals surface area contributed by atoms with E-state index in [9.17, 15) is 9.59 Å². The number of nitrogens with zero attached hydrogens (tertiary/aromatic N) is 1. The molecule has 2 aromatic carbocycles. The molecule has 2 rings (SSSR count). The van der Waals surface area contributed by atoms with Crippen molar-refractivity contribution in [1.29, 1.82) is 0 Å². The van der Waals surface area contributed by atoms with Crippen LogP contribution in [0.3, 0.4) is 0 Å². The molecule has 0 fully saturated rings. The van der Waals surface area contributed by atoms with Crippen molar-refractivity contribution in [3.63, 3.8) is 0 Å². The first-order chi connectivity index (χ1) is 14.3. The maximum absolute atomic E-state index is 13.1. The lowest BCUT2D eigenvalue weighted by atomic mass is 10.1. The van der Waals surface area contributed by atoms with E-state index in [4.69, 9.17) is 4.74 Å². The Morgan fingerprint density at radius 1 is 1.10 bits per heavy atom. The molecule has 6 heteroatoms. The average molecular weight is 475 g/mol. The number of aryl methyl sites for hydroxylation is 2. The van der Waals surface area contributed by atoms with Crippen LogP contribution in [0.1, 0.15) is 43.4 Å². The zero-order chi connectivity index (χ0) is 22.1. The minimum Gasteiger partial charge on any atom is -0.484 e. The van der Waals surface area contributed by atoms with Crippen LogP contribution in [0, 0.1) is 13.8 Å². The lowest BCUT2D eigenvalue weighted by Gasteiger charge is -2.30. The Hall–Kier alpha value is -2.34. The number of nitrogens with one attached hydrogen (secondary N) is 1. The number of carbonyl (C=O) groups excluding carboxylic acids is 2. The number of hydrogen-bond donors (Lipinski definition) is 1. The predicted molar refractivity (Wildman–Crippen MR) is 123 cm³/mol. The summed E-state index contributed by atoms with van der Waals surface area (Å²) in [4.78, 5) is 27.5. The number of rotatable bonds is 10. The third-order valence-corrected chi connectivity index (χ3v) is 5.79. The van der Waals surface area contributed by atoms with E-state index in [-0.39, 0.29) is 18.4 Å². The second-order valence-corrected chi connectivity index (χ2v) is 8.28. The first-order valence-electron chi connectivity index (χ1n) is 10.4. The Bertz CT molecular complexity index is 852. The maximum Gasteiger partial charge on any atom is 0.261 e. The molecule has 30 heavy (non-hydrogen) atoms. The van der Waals surface area contributed by atoms with E-state index in [0.717, 1.165) is 27.6 Å². The zero-order valence-electron chi connectivity index (χ0n) is 18.2. The summed E-state index contributed by atoms with van der Waals surface area (Å²) < 4.78 is 6.74. The molecule has 2 amide bonds.